The zero-order valence-corrected chi connectivity index (χ0v) is 10.9. The molecule has 1 heterocycles. The topological polar surface area (TPSA) is 49.6 Å². The SMILES string of the molecule is C[Si](C)(C)CN1C=CN(CCC(N)=O)C1. The van der Waals surface area contributed by atoms with Crippen molar-refractivity contribution in [2.24, 2.45) is 5.73 Å². The second kappa shape index (κ2) is 4.70. The predicted octanol–water partition coefficient (Wildman–Crippen LogP) is 0.785. The Hall–Kier alpha value is -0.973. The molecule has 1 aliphatic rings. The highest BCUT2D eigenvalue weighted by Crippen LogP contribution is 2.11. The van der Waals surface area contributed by atoms with Crippen molar-refractivity contribution in [2.75, 3.05) is 19.4 Å². The highest BCUT2D eigenvalue weighted by atomic mass is 28.3. The first-order valence-electron chi connectivity index (χ1n) is 5.31. The zero-order valence-electron chi connectivity index (χ0n) is 9.86. The van der Waals surface area contributed by atoms with E-state index < -0.39 is 8.07 Å². The summed E-state index contributed by atoms with van der Waals surface area (Å²) in [5.74, 6) is -0.230. The van der Waals surface area contributed by atoms with Gasteiger partial charge in [0.15, 0.2) is 0 Å². The first kappa shape index (κ1) is 12.1. The third-order valence-corrected chi connectivity index (χ3v) is 3.53. The molecule has 0 aliphatic carbocycles. The van der Waals surface area contributed by atoms with Crippen molar-refractivity contribution >= 4 is 14.0 Å². The lowest BCUT2D eigenvalue weighted by atomic mass is 10.4. The molecule has 1 rings (SSSR count). The Morgan fingerprint density at radius 1 is 1.33 bits per heavy atom. The minimum absolute atomic E-state index is 0.230. The molecule has 0 saturated heterocycles. The van der Waals surface area contributed by atoms with E-state index in [1.54, 1.807) is 0 Å². The van der Waals surface area contributed by atoms with Gasteiger partial charge in [-0.2, -0.15) is 0 Å². The fourth-order valence-electron chi connectivity index (χ4n) is 1.63. The van der Waals surface area contributed by atoms with Crippen molar-refractivity contribution in [1.82, 2.24) is 9.80 Å². The summed E-state index contributed by atoms with van der Waals surface area (Å²) in [6.45, 7) is 8.69. The number of nitrogens with two attached hydrogens (primary N) is 1. The first-order valence-corrected chi connectivity index (χ1v) is 9.02. The molecule has 0 aromatic carbocycles. The molecule has 86 valence electrons. The minimum atomic E-state index is -1.04. The number of nitrogens with zero attached hydrogens (tertiary/aromatic N) is 2. The summed E-state index contributed by atoms with van der Waals surface area (Å²) >= 11 is 0. The largest absolute Gasteiger partial charge is 0.370 e. The van der Waals surface area contributed by atoms with Crippen molar-refractivity contribution in [3.8, 4) is 0 Å². The molecule has 0 atom stereocenters. The molecule has 5 heteroatoms. The van der Waals surface area contributed by atoms with Crippen molar-refractivity contribution in [3.05, 3.63) is 12.4 Å². The summed E-state index contributed by atoms with van der Waals surface area (Å²) in [6.07, 6.45) is 5.75. The van der Waals surface area contributed by atoms with Crippen molar-refractivity contribution < 1.29 is 4.79 Å². The van der Waals surface area contributed by atoms with Crippen LogP contribution in [0.3, 0.4) is 0 Å². The molecule has 0 aromatic heterocycles. The van der Waals surface area contributed by atoms with E-state index in [-0.39, 0.29) is 5.91 Å². The summed E-state index contributed by atoms with van der Waals surface area (Å²) in [5.41, 5.74) is 5.11. The Balaban J connectivity index is 2.28. The quantitative estimate of drug-likeness (QED) is 0.706. The minimum Gasteiger partial charge on any atom is -0.370 e. The lowest BCUT2D eigenvalue weighted by Gasteiger charge is -2.26. The van der Waals surface area contributed by atoms with E-state index in [4.69, 9.17) is 5.73 Å². The van der Waals surface area contributed by atoms with E-state index in [0.717, 1.165) is 19.4 Å². The van der Waals surface area contributed by atoms with E-state index >= 15 is 0 Å². The van der Waals surface area contributed by atoms with Crippen LogP contribution in [0.1, 0.15) is 6.42 Å². The average Bonchev–Trinajstić information content (AvgIpc) is 2.45. The number of carbonyl (C=O) groups excluding carboxylic acids is 1. The van der Waals surface area contributed by atoms with E-state index in [2.05, 4.69) is 35.6 Å². The Kier molecular flexibility index (Phi) is 3.79. The van der Waals surface area contributed by atoms with E-state index in [1.165, 1.54) is 0 Å². The van der Waals surface area contributed by atoms with E-state index in [9.17, 15) is 4.79 Å². The van der Waals surface area contributed by atoms with Gasteiger partial charge in [0.2, 0.25) is 5.91 Å². The molecular weight excluding hydrogens is 206 g/mol. The fourth-order valence-corrected chi connectivity index (χ4v) is 3.05. The van der Waals surface area contributed by atoms with Crippen molar-refractivity contribution in [3.63, 3.8) is 0 Å². The second-order valence-electron chi connectivity index (χ2n) is 5.28. The van der Waals surface area contributed by atoms with Crippen molar-refractivity contribution in [1.29, 1.82) is 0 Å². The van der Waals surface area contributed by atoms with Gasteiger partial charge in [-0.15, -0.1) is 0 Å². The standard InChI is InChI=1S/C10H21N3OSi/c1-15(2,3)9-13-7-6-12(8-13)5-4-10(11)14/h6-7H,4-5,8-9H2,1-3H3,(H2,11,14). The van der Waals surface area contributed by atoms with Gasteiger partial charge in [0.05, 0.1) is 14.7 Å². The van der Waals surface area contributed by atoms with Gasteiger partial charge < -0.3 is 15.5 Å². The van der Waals surface area contributed by atoms with Gasteiger partial charge in [-0.1, -0.05) is 19.6 Å². The lowest BCUT2D eigenvalue weighted by Crippen LogP contribution is -2.39. The molecule has 0 radical (unpaired) electrons. The van der Waals surface area contributed by atoms with Crippen molar-refractivity contribution in [2.45, 2.75) is 26.1 Å². The van der Waals surface area contributed by atoms with Crippen LogP contribution in [0, 0.1) is 0 Å². The maximum absolute atomic E-state index is 10.6. The van der Waals surface area contributed by atoms with Crippen LogP contribution >= 0.6 is 0 Å². The van der Waals surface area contributed by atoms with Gasteiger partial charge in [-0.3, -0.25) is 4.79 Å². The molecule has 15 heavy (non-hydrogen) atoms. The van der Waals surface area contributed by atoms with E-state index in [1.807, 2.05) is 6.20 Å². The first-order chi connectivity index (χ1) is 6.87. The highest BCUT2D eigenvalue weighted by molar-refractivity contribution is 6.76. The zero-order chi connectivity index (χ0) is 11.5. The Bertz CT molecular complexity index is 260. The smallest absolute Gasteiger partial charge is 0.219 e. The summed E-state index contributed by atoms with van der Waals surface area (Å²) in [6, 6.07) is 0. The second-order valence-corrected chi connectivity index (χ2v) is 10.7. The average molecular weight is 227 g/mol. The molecular formula is C10H21N3OSi. The number of carbonyl (C=O) groups is 1. The van der Waals surface area contributed by atoms with E-state index in [0.29, 0.717) is 6.42 Å². The molecule has 0 fully saturated rings. The van der Waals surface area contributed by atoms with Gasteiger partial charge in [-0.05, 0) is 0 Å². The van der Waals surface area contributed by atoms with Crippen LogP contribution in [-0.4, -0.2) is 43.2 Å². The Morgan fingerprint density at radius 2 is 1.93 bits per heavy atom. The van der Waals surface area contributed by atoms with Gasteiger partial charge in [0.25, 0.3) is 0 Å². The van der Waals surface area contributed by atoms with Gasteiger partial charge in [-0.25, -0.2) is 0 Å². The Labute approximate surface area is 92.7 Å². The normalized spacial score (nSPS) is 16.2. The van der Waals surface area contributed by atoms with Gasteiger partial charge in [0.1, 0.15) is 0 Å². The molecule has 0 saturated carbocycles. The number of primary amides is 1. The summed E-state index contributed by atoms with van der Waals surface area (Å²) in [7, 11) is -1.04. The summed E-state index contributed by atoms with van der Waals surface area (Å²) in [4.78, 5) is 15.1. The van der Waals surface area contributed by atoms with Crippen LogP contribution in [0.2, 0.25) is 19.6 Å². The molecule has 2 N–H and O–H groups in total. The summed E-state index contributed by atoms with van der Waals surface area (Å²) in [5, 5.41) is 0. The number of amides is 1. The lowest BCUT2D eigenvalue weighted by molar-refractivity contribution is -0.118. The Morgan fingerprint density at radius 3 is 2.47 bits per heavy atom. The van der Waals surface area contributed by atoms with Gasteiger partial charge in [0, 0.05) is 31.5 Å². The third kappa shape index (κ3) is 4.87. The van der Waals surface area contributed by atoms with Crippen LogP contribution in [0.15, 0.2) is 12.4 Å². The molecule has 0 spiro atoms. The number of rotatable bonds is 5. The fraction of sp³-hybridized carbons (Fsp3) is 0.700. The van der Waals surface area contributed by atoms with Crippen LogP contribution in [-0.2, 0) is 4.79 Å². The maximum atomic E-state index is 10.6. The molecule has 0 bridgehead atoms. The summed E-state index contributed by atoms with van der Waals surface area (Å²) < 4.78 is 0. The third-order valence-electron chi connectivity index (χ3n) is 2.17. The molecule has 0 unspecified atom stereocenters. The maximum Gasteiger partial charge on any atom is 0.219 e. The van der Waals surface area contributed by atoms with Crippen LogP contribution in [0.4, 0.5) is 0 Å². The van der Waals surface area contributed by atoms with Gasteiger partial charge >= 0.3 is 0 Å². The molecule has 1 amide bonds. The molecule has 1 aliphatic heterocycles. The molecule has 0 aromatic rings. The number of hydrogen-bond donors (Lipinski definition) is 1. The van der Waals surface area contributed by atoms with Crippen LogP contribution in [0.25, 0.3) is 0 Å². The van der Waals surface area contributed by atoms with Crippen LogP contribution in [0.5, 0.6) is 0 Å². The van der Waals surface area contributed by atoms with Crippen LogP contribution < -0.4 is 5.73 Å². The molecule has 4 nitrogen and oxygen atoms in total. The predicted molar refractivity (Wildman–Crippen MR) is 64.6 cm³/mol. The highest BCUT2D eigenvalue weighted by Gasteiger charge is 2.20. The number of hydrogen-bond acceptors (Lipinski definition) is 3. The monoisotopic (exact) mass is 227 g/mol.